The van der Waals surface area contributed by atoms with Crippen LogP contribution in [-0.2, 0) is 4.79 Å². The van der Waals surface area contributed by atoms with Gasteiger partial charge in [0.15, 0.2) is 5.17 Å². The van der Waals surface area contributed by atoms with Crippen LogP contribution in [0.4, 0.5) is 0 Å². The molecule has 0 N–H and O–H groups in total. The monoisotopic (exact) mass is 350 g/mol. The van der Waals surface area contributed by atoms with E-state index in [4.69, 9.17) is 4.74 Å². The van der Waals surface area contributed by atoms with Gasteiger partial charge in [0.1, 0.15) is 5.75 Å². The van der Waals surface area contributed by atoms with Crippen LogP contribution >= 0.6 is 11.8 Å². The summed E-state index contributed by atoms with van der Waals surface area (Å²) >= 11 is 1.35. The lowest BCUT2D eigenvalue weighted by Crippen LogP contribution is -2.27. The van der Waals surface area contributed by atoms with Crippen LogP contribution in [0.25, 0.3) is 11.8 Å². The van der Waals surface area contributed by atoms with Crippen molar-refractivity contribution in [2.45, 2.75) is 0 Å². The highest BCUT2D eigenvalue weighted by atomic mass is 32.2. The Hall–Kier alpha value is -2.79. The third-order valence-electron chi connectivity index (χ3n) is 3.79. The van der Waals surface area contributed by atoms with E-state index >= 15 is 0 Å². The number of carbonyl (C=O) groups is 1. The van der Waals surface area contributed by atoms with Crippen LogP contribution in [0.5, 0.6) is 5.75 Å². The van der Waals surface area contributed by atoms with Gasteiger partial charge in [0.05, 0.1) is 17.7 Å². The first-order chi connectivity index (χ1) is 12.1. The maximum absolute atomic E-state index is 12.9. The minimum Gasteiger partial charge on any atom is -0.497 e. The van der Waals surface area contributed by atoms with Gasteiger partial charge in [0.25, 0.3) is 5.91 Å². The zero-order valence-electron chi connectivity index (χ0n) is 14.1. The third kappa shape index (κ3) is 3.51. The number of thioether (sulfide) groups is 1. The average molecular weight is 350 g/mol. The van der Waals surface area contributed by atoms with Gasteiger partial charge in [-0.25, -0.2) is 0 Å². The zero-order chi connectivity index (χ0) is 17.8. The second-order valence-corrected chi connectivity index (χ2v) is 6.35. The number of hydrogen-bond donors (Lipinski definition) is 0. The topological polar surface area (TPSA) is 41.9 Å². The van der Waals surface area contributed by atoms with Gasteiger partial charge in [-0.3, -0.25) is 14.7 Å². The van der Waals surface area contributed by atoms with Crippen LogP contribution in [0.2, 0.25) is 0 Å². The SMILES string of the molecule is C=C(c1ccc(OC)cc1)N1C(=O)/C(=C/c2ccccc2)SC1=NC. The summed E-state index contributed by atoms with van der Waals surface area (Å²) in [5.74, 6) is 0.642. The van der Waals surface area contributed by atoms with E-state index in [1.54, 1.807) is 19.1 Å². The molecule has 0 bridgehead atoms. The summed E-state index contributed by atoms with van der Waals surface area (Å²) in [4.78, 5) is 19.3. The van der Waals surface area contributed by atoms with Crippen LogP contribution < -0.4 is 4.74 Å². The van der Waals surface area contributed by atoms with Crippen molar-refractivity contribution in [3.63, 3.8) is 0 Å². The molecule has 1 fully saturated rings. The van der Waals surface area contributed by atoms with E-state index in [2.05, 4.69) is 11.6 Å². The molecule has 0 radical (unpaired) electrons. The largest absolute Gasteiger partial charge is 0.497 e. The predicted octanol–water partition coefficient (Wildman–Crippen LogP) is 4.27. The van der Waals surface area contributed by atoms with E-state index in [9.17, 15) is 4.79 Å². The second-order valence-electron chi connectivity index (χ2n) is 5.34. The molecule has 2 aromatic rings. The minimum atomic E-state index is -0.115. The van der Waals surface area contributed by atoms with Crippen LogP contribution in [-0.4, -0.2) is 30.1 Å². The second kappa shape index (κ2) is 7.40. The van der Waals surface area contributed by atoms with Crippen molar-refractivity contribution in [3.8, 4) is 5.75 Å². The maximum atomic E-state index is 12.9. The molecule has 3 rings (SSSR count). The summed E-state index contributed by atoms with van der Waals surface area (Å²) in [5.41, 5.74) is 2.42. The molecular formula is C20H18N2O2S. The normalized spacial score (nSPS) is 17.4. The lowest BCUT2D eigenvalue weighted by atomic mass is 10.1. The summed E-state index contributed by atoms with van der Waals surface area (Å²) in [6.07, 6.45) is 1.87. The molecule has 0 aromatic heterocycles. The molecule has 4 nitrogen and oxygen atoms in total. The van der Waals surface area contributed by atoms with Crippen molar-refractivity contribution >= 4 is 34.6 Å². The van der Waals surface area contributed by atoms with Gasteiger partial charge in [-0.2, -0.15) is 0 Å². The van der Waals surface area contributed by atoms with Crippen molar-refractivity contribution in [1.29, 1.82) is 0 Å². The Balaban J connectivity index is 1.91. The Morgan fingerprint density at radius 1 is 1.16 bits per heavy atom. The van der Waals surface area contributed by atoms with Gasteiger partial charge in [0, 0.05) is 7.05 Å². The summed E-state index contributed by atoms with van der Waals surface area (Å²) < 4.78 is 5.17. The van der Waals surface area contributed by atoms with Gasteiger partial charge in [-0.15, -0.1) is 0 Å². The van der Waals surface area contributed by atoms with E-state index < -0.39 is 0 Å². The molecule has 0 aliphatic carbocycles. The standard InChI is InChI=1S/C20H18N2O2S/c1-14(16-9-11-17(24-3)12-10-16)22-19(23)18(25-20(22)21-2)13-15-7-5-4-6-8-15/h4-13H,1H2,2-3H3/b18-13-,21-20?. The first-order valence-corrected chi connectivity index (χ1v) is 8.55. The number of rotatable bonds is 4. The average Bonchev–Trinajstić information content (AvgIpc) is 2.97. The van der Waals surface area contributed by atoms with Crippen LogP contribution in [0.1, 0.15) is 11.1 Å². The van der Waals surface area contributed by atoms with Crippen LogP contribution in [0, 0.1) is 0 Å². The van der Waals surface area contributed by atoms with E-state index in [1.807, 2.05) is 60.7 Å². The first-order valence-electron chi connectivity index (χ1n) is 7.73. The Morgan fingerprint density at radius 3 is 2.44 bits per heavy atom. The number of aliphatic imine (C=N–C) groups is 1. The molecule has 126 valence electrons. The number of benzene rings is 2. The molecule has 1 aliphatic rings. The van der Waals surface area contributed by atoms with Gasteiger partial charge in [-0.1, -0.05) is 36.9 Å². The maximum Gasteiger partial charge on any atom is 0.271 e. The lowest BCUT2D eigenvalue weighted by Gasteiger charge is -2.18. The summed E-state index contributed by atoms with van der Waals surface area (Å²) in [7, 11) is 3.29. The number of amides is 1. The molecule has 5 heteroatoms. The Bertz CT molecular complexity index is 855. The van der Waals surface area contributed by atoms with Crippen molar-refractivity contribution < 1.29 is 9.53 Å². The molecule has 0 atom stereocenters. The van der Waals surface area contributed by atoms with Crippen molar-refractivity contribution in [2.75, 3.05) is 14.2 Å². The highest BCUT2D eigenvalue weighted by Gasteiger charge is 2.35. The molecule has 1 saturated heterocycles. The summed E-state index contributed by atoms with van der Waals surface area (Å²) in [5, 5.41) is 0.619. The fraction of sp³-hybridized carbons (Fsp3) is 0.100. The van der Waals surface area contributed by atoms with Gasteiger partial charge < -0.3 is 4.74 Å². The molecule has 25 heavy (non-hydrogen) atoms. The number of amidine groups is 1. The van der Waals surface area contributed by atoms with E-state index in [1.165, 1.54) is 11.8 Å². The van der Waals surface area contributed by atoms with E-state index in [-0.39, 0.29) is 5.91 Å². The van der Waals surface area contributed by atoms with Crippen LogP contribution in [0.15, 0.2) is 71.1 Å². The number of nitrogens with zero attached hydrogens (tertiary/aromatic N) is 2. The van der Waals surface area contributed by atoms with Gasteiger partial charge in [-0.05, 0) is 53.2 Å². The number of methoxy groups -OCH3 is 1. The van der Waals surface area contributed by atoms with Gasteiger partial charge >= 0.3 is 0 Å². The molecule has 2 aromatic carbocycles. The fourth-order valence-corrected chi connectivity index (χ4v) is 3.42. The van der Waals surface area contributed by atoms with Crippen molar-refractivity contribution in [1.82, 2.24) is 4.90 Å². The summed E-state index contributed by atoms with van der Waals surface area (Å²) in [6, 6.07) is 17.2. The van der Waals surface area contributed by atoms with Crippen molar-refractivity contribution in [3.05, 3.63) is 77.2 Å². The van der Waals surface area contributed by atoms with Crippen molar-refractivity contribution in [2.24, 2.45) is 4.99 Å². The quantitative estimate of drug-likeness (QED) is 0.774. The molecule has 0 spiro atoms. The smallest absolute Gasteiger partial charge is 0.271 e. The Morgan fingerprint density at radius 2 is 1.84 bits per heavy atom. The first kappa shape index (κ1) is 17.0. The molecule has 1 amide bonds. The number of ether oxygens (including phenoxy) is 1. The third-order valence-corrected chi connectivity index (χ3v) is 4.85. The Labute approximate surface area is 151 Å². The molecular weight excluding hydrogens is 332 g/mol. The minimum absolute atomic E-state index is 0.115. The highest BCUT2D eigenvalue weighted by molar-refractivity contribution is 8.18. The molecule has 0 saturated carbocycles. The predicted molar refractivity (Wildman–Crippen MR) is 104 cm³/mol. The number of carbonyl (C=O) groups excluding carboxylic acids is 1. The lowest BCUT2D eigenvalue weighted by molar-refractivity contribution is -0.120. The molecule has 0 unspecified atom stereocenters. The number of hydrogen-bond acceptors (Lipinski definition) is 4. The molecule has 1 aliphatic heterocycles. The summed E-state index contributed by atoms with van der Waals surface area (Å²) in [6.45, 7) is 4.10. The van der Waals surface area contributed by atoms with E-state index in [0.717, 1.165) is 16.9 Å². The fourth-order valence-electron chi connectivity index (χ4n) is 2.47. The highest BCUT2D eigenvalue weighted by Crippen LogP contribution is 2.37. The van der Waals surface area contributed by atoms with Crippen LogP contribution in [0.3, 0.4) is 0 Å². The van der Waals surface area contributed by atoms with Gasteiger partial charge in [0.2, 0.25) is 0 Å². The molecule has 1 heterocycles. The zero-order valence-corrected chi connectivity index (χ0v) is 14.9. The van der Waals surface area contributed by atoms with E-state index in [0.29, 0.717) is 15.8 Å². The Kier molecular flexibility index (Phi) is 5.05.